The summed E-state index contributed by atoms with van der Waals surface area (Å²) in [6.45, 7) is 12.7. The van der Waals surface area contributed by atoms with Gasteiger partial charge in [-0.05, 0) is 20.8 Å². The lowest BCUT2D eigenvalue weighted by Gasteiger charge is -2.36. The molecule has 1 aliphatic rings. The van der Waals surface area contributed by atoms with Crippen molar-refractivity contribution in [3.63, 3.8) is 0 Å². The molecule has 1 fully saturated rings. The maximum Gasteiger partial charge on any atom is 0.332 e. The molecule has 0 atom stereocenters. The van der Waals surface area contributed by atoms with Gasteiger partial charge in [-0.2, -0.15) is 0 Å². The largest absolute Gasteiger partial charge is 0.464 e. The van der Waals surface area contributed by atoms with Gasteiger partial charge in [0.15, 0.2) is 0 Å². The Kier molecular flexibility index (Phi) is 7.23. The molecule has 1 heterocycles. The van der Waals surface area contributed by atoms with Crippen molar-refractivity contribution in [2.45, 2.75) is 26.8 Å². The van der Waals surface area contributed by atoms with Crippen LogP contribution in [-0.2, 0) is 14.3 Å². The first-order chi connectivity index (χ1) is 8.63. The standard InChI is InChI=1S/C13H26N2O3/c1-4-18-13(16)11-17-10-9-14-5-7-15(8-6-14)12(2)3/h12H,4-11H2,1-3H3. The summed E-state index contributed by atoms with van der Waals surface area (Å²) < 4.78 is 10.1. The molecule has 0 unspecified atom stereocenters. The number of piperazine rings is 1. The third-order valence-corrected chi connectivity index (χ3v) is 3.21. The van der Waals surface area contributed by atoms with E-state index in [4.69, 9.17) is 9.47 Å². The lowest BCUT2D eigenvalue weighted by Crippen LogP contribution is -2.49. The van der Waals surface area contributed by atoms with Crippen LogP contribution < -0.4 is 0 Å². The van der Waals surface area contributed by atoms with Crippen LogP contribution in [0.4, 0.5) is 0 Å². The van der Waals surface area contributed by atoms with E-state index in [0.717, 1.165) is 32.7 Å². The van der Waals surface area contributed by atoms with Gasteiger partial charge >= 0.3 is 5.97 Å². The maximum absolute atomic E-state index is 11.0. The first-order valence-electron chi connectivity index (χ1n) is 6.83. The third-order valence-electron chi connectivity index (χ3n) is 3.21. The van der Waals surface area contributed by atoms with Crippen LogP contribution >= 0.6 is 0 Å². The molecule has 0 radical (unpaired) electrons. The zero-order valence-electron chi connectivity index (χ0n) is 11.9. The van der Waals surface area contributed by atoms with Crippen LogP contribution in [0.5, 0.6) is 0 Å². The van der Waals surface area contributed by atoms with Gasteiger partial charge in [-0.15, -0.1) is 0 Å². The Hall–Kier alpha value is -0.650. The molecule has 5 heteroatoms. The first-order valence-corrected chi connectivity index (χ1v) is 6.83. The van der Waals surface area contributed by atoms with Crippen LogP contribution in [0, 0.1) is 0 Å². The molecule has 0 spiro atoms. The molecule has 106 valence electrons. The van der Waals surface area contributed by atoms with E-state index in [1.165, 1.54) is 0 Å². The summed E-state index contributed by atoms with van der Waals surface area (Å²) in [5.41, 5.74) is 0. The molecule has 0 aromatic rings. The number of carbonyl (C=O) groups excluding carboxylic acids is 1. The van der Waals surface area contributed by atoms with Crippen molar-refractivity contribution in [3.8, 4) is 0 Å². The minimum absolute atomic E-state index is 0.0692. The summed E-state index contributed by atoms with van der Waals surface area (Å²) >= 11 is 0. The molecule has 0 N–H and O–H groups in total. The van der Waals surface area contributed by atoms with E-state index in [0.29, 0.717) is 19.3 Å². The minimum atomic E-state index is -0.276. The van der Waals surface area contributed by atoms with E-state index in [2.05, 4.69) is 23.6 Å². The first kappa shape index (κ1) is 15.4. The molecule has 18 heavy (non-hydrogen) atoms. The van der Waals surface area contributed by atoms with Gasteiger partial charge in [-0.25, -0.2) is 4.79 Å². The highest BCUT2D eigenvalue weighted by Gasteiger charge is 2.18. The third kappa shape index (κ3) is 5.80. The van der Waals surface area contributed by atoms with Gasteiger partial charge in [0.05, 0.1) is 13.2 Å². The van der Waals surface area contributed by atoms with Gasteiger partial charge in [0.25, 0.3) is 0 Å². The molecular formula is C13H26N2O3. The summed E-state index contributed by atoms with van der Waals surface area (Å²) in [6, 6.07) is 0.632. The van der Waals surface area contributed by atoms with E-state index >= 15 is 0 Å². The Labute approximate surface area is 110 Å². The van der Waals surface area contributed by atoms with E-state index < -0.39 is 0 Å². The number of carbonyl (C=O) groups is 1. The topological polar surface area (TPSA) is 42.0 Å². The molecule has 0 aromatic carbocycles. The van der Waals surface area contributed by atoms with Gasteiger partial charge in [0.2, 0.25) is 0 Å². The van der Waals surface area contributed by atoms with Crippen molar-refractivity contribution in [3.05, 3.63) is 0 Å². The van der Waals surface area contributed by atoms with E-state index in [-0.39, 0.29) is 12.6 Å². The Balaban J connectivity index is 2.02. The lowest BCUT2D eigenvalue weighted by molar-refractivity contribution is -0.148. The average molecular weight is 258 g/mol. The Bertz CT molecular complexity index is 238. The lowest BCUT2D eigenvalue weighted by atomic mass is 10.2. The second-order valence-corrected chi connectivity index (χ2v) is 4.83. The van der Waals surface area contributed by atoms with Crippen LogP contribution in [0.1, 0.15) is 20.8 Å². The van der Waals surface area contributed by atoms with Crippen LogP contribution in [0.3, 0.4) is 0 Å². The number of hydrogen-bond donors (Lipinski definition) is 0. The maximum atomic E-state index is 11.0. The SMILES string of the molecule is CCOC(=O)COCCN1CCN(C(C)C)CC1. The molecule has 0 bridgehead atoms. The fourth-order valence-corrected chi connectivity index (χ4v) is 2.06. The highest BCUT2D eigenvalue weighted by molar-refractivity contribution is 5.70. The predicted molar refractivity (Wildman–Crippen MR) is 70.6 cm³/mol. The normalized spacial score (nSPS) is 18.2. The molecule has 1 saturated heterocycles. The summed E-state index contributed by atoms with van der Waals surface area (Å²) in [7, 11) is 0. The molecule has 0 saturated carbocycles. The highest BCUT2D eigenvalue weighted by atomic mass is 16.6. The summed E-state index contributed by atoms with van der Waals surface area (Å²) in [5, 5.41) is 0. The Morgan fingerprint density at radius 1 is 1.22 bits per heavy atom. The van der Waals surface area contributed by atoms with Crippen LogP contribution in [-0.4, -0.2) is 74.4 Å². The van der Waals surface area contributed by atoms with Gasteiger partial charge in [-0.3, -0.25) is 9.80 Å². The van der Waals surface area contributed by atoms with Crippen molar-refractivity contribution in [1.29, 1.82) is 0 Å². The summed E-state index contributed by atoms with van der Waals surface area (Å²) in [6.07, 6.45) is 0. The quantitative estimate of drug-likeness (QED) is 0.494. The molecule has 5 nitrogen and oxygen atoms in total. The zero-order valence-corrected chi connectivity index (χ0v) is 11.9. The van der Waals surface area contributed by atoms with Crippen molar-refractivity contribution >= 4 is 5.97 Å². The van der Waals surface area contributed by atoms with E-state index in [1.54, 1.807) is 6.92 Å². The molecule has 0 aliphatic carbocycles. The van der Waals surface area contributed by atoms with Gasteiger partial charge in [-0.1, -0.05) is 0 Å². The molecule has 0 amide bonds. The van der Waals surface area contributed by atoms with Crippen LogP contribution in [0.2, 0.25) is 0 Å². The fraction of sp³-hybridized carbons (Fsp3) is 0.923. The van der Waals surface area contributed by atoms with Crippen molar-refractivity contribution in [1.82, 2.24) is 9.80 Å². The number of rotatable bonds is 7. The van der Waals surface area contributed by atoms with Crippen molar-refractivity contribution in [2.24, 2.45) is 0 Å². The number of nitrogens with zero attached hydrogens (tertiary/aromatic N) is 2. The molecular weight excluding hydrogens is 232 g/mol. The second-order valence-electron chi connectivity index (χ2n) is 4.83. The van der Waals surface area contributed by atoms with Crippen molar-refractivity contribution < 1.29 is 14.3 Å². The minimum Gasteiger partial charge on any atom is -0.464 e. The number of ether oxygens (including phenoxy) is 2. The molecule has 1 rings (SSSR count). The zero-order chi connectivity index (χ0) is 13.4. The monoisotopic (exact) mass is 258 g/mol. The molecule has 0 aromatic heterocycles. The number of hydrogen-bond acceptors (Lipinski definition) is 5. The number of esters is 1. The summed E-state index contributed by atoms with van der Waals surface area (Å²) in [5.74, 6) is -0.276. The highest BCUT2D eigenvalue weighted by Crippen LogP contribution is 2.05. The van der Waals surface area contributed by atoms with Crippen LogP contribution in [0.25, 0.3) is 0 Å². The van der Waals surface area contributed by atoms with Crippen LogP contribution in [0.15, 0.2) is 0 Å². The van der Waals surface area contributed by atoms with Gasteiger partial charge < -0.3 is 9.47 Å². The second kappa shape index (κ2) is 8.45. The average Bonchev–Trinajstić information content (AvgIpc) is 2.35. The van der Waals surface area contributed by atoms with Gasteiger partial charge in [0.1, 0.15) is 6.61 Å². The van der Waals surface area contributed by atoms with E-state index in [9.17, 15) is 4.79 Å². The van der Waals surface area contributed by atoms with E-state index in [1.807, 2.05) is 0 Å². The predicted octanol–water partition coefficient (Wildman–Crippen LogP) is 0.592. The van der Waals surface area contributed by atoms with Gasteiger partial charge in [0, 0.05) is 38.8 Å². The molecule has 1 aliphatic heterocycles. The smallest absolute Gasteiger partial charge is 0.332 e. The Morgan fingerprint density at radius 3 is 2.44 bits per heavy atom. The Morgan fingerprint density at radius 2 is 1.89 bits per heavy atom. The van der Waals surface area contributed by atoms with Crippen molar-refractivity contribution in [2.75, 3.05) is 52.5 Å². The fourth-order valence-electron chi connectivity index (χ4n) is 2.06. The summed E-state index contributed by atoms with van der Waals surface area (Å²) in [4.78, 5) is 15.9.